The molecule has 2 heterocycles. The zero-order valence-corrected chi connectivity index (χ0v) is 22.4. The van der Waals surface area contributed by atoms with Gasteiger partial charge < -0.3 is 9.80 Å². The highest BCUT2D eigenvalue weighted by Crippen LogP contribution is 2.20. The Morgan fingerprint density at radius 2 is 1.11 bits per heavy atom. The average Bonchev–Trinajstić information content (AvgIpc) is 2.97. The van der Waals surface area contributed by atoms with Crippen LogP contribution in [0.25, 0.3) is 0 Å². The summed E-state index contributed by atoms with van der Waals surface area (Å²) in [4.78, 5) is 34.0. The summed E-state index contributed by atoms with van der Waals surface area (Å²) in [5.74, 6) is 0.310. The highest BCUT2D eigenvalue weighted by atomic mass is 16.1. The number of rotatable bonds is 9. The second-order valence-electron chi connectivity index (χ2n) is 10.4. The molecule has 0 bridgehead atoms. The summed E-state index contributed by atoms with van der Waals surface area (Å²) in [6, 6.07) is 26.7. The van der Waals surface area contributed by atoms with Crippen LogP contribution in [-0.2, 0) is 6.54 Å². The van der Waals surface area contributed by atoms with Crippen molar-refractivity contribution in [2.45, 2.75) is 19.9 Å². The van der Waals surface area contributed by atoms with Crippen molar-refractivity contribution >= 4 is 22.9 Å². The summed E-state index contributed by atoms with van der Waals surface area (Å²) >= 11 is 0. The molecular weight excluding hydrogens is 472 g/mol. The lowest BCUT2D eigenvalue weighted by atomic mass is 10.1. The molecule has 0 spiro atoms. The molecule has 2 fully saturated rings. The predicted octanol–water partition coefficient (Wildman–Crippen LogP) is 4.61. The molecule has 2 saturated heterocycles. The Labute approximate surface area is 226 Å². The van der Waals surface area contributed by atoms with E-state index in [1.807, 2.05) is 36.4 Å². The lowest BCUT2D eigenvalue weighted by Crippen LogP contribution is -2.46. The fourth-order valence-electron chi connectivity index (χ4n) is 5.40. The molecule has 0 amide bonds. The normalized spacial score (nSPS) is 17.0. The average molecular weight is 511 g/mol. The van der Waals surface area contributed by atoms with E-state index in [4.69, 9.17) is 0 Å². The van der Waals surface area contributed by atoms with Crippen LogP contribution in [0.4, 0.5) is 11.4 Å². The van der Waals surface area contributed by atoms with Gasteiger partial charge in [-0.15, -0.1) is 0 Å². The second kappa shape index (κ2) is 12.4. The van der Waals surface area contributed by atoms with E-state index in [0.29, 0.717) is 6.42 Å². The number of carbonyl (C=O) groups excluding carboxylic acids is 2. The van der Waals surface area contributed by atoms with Crippen molar-refractivity contribution in [3.05, 3.63) is 95.6 Å². The van der Waals surface area contributed by atoms with Crippen molar-refractivity contribution < 1.29 is 9.59 Å². The third-order valence-corrected chi connectivity index (χ3v) is 7.84. The molecule has 0 aliphatic carbocycles. The maximum Gasteiger partial charge on any atom is 0.164 e. The van der Waals surface area contributed by atoms with Gasteiger partial charge in [0.05, 0.1) is 0 Å². The number of ketones is 2. The number of hydrogen-bond donors (Lipinski definition) is 0. The van der Waals surface area contributed by atoms with E-state index in [0.717, 1.165) is 82.3 Å². The van der Waals surface area contributed by atoms with Gasteiger partial charge in [-0.3, -0.25) is 19.4 Å². The van der Waals surface area contributed by atoms with Gasteiger partial charge in [-0.25, -0.2) is 0 Å². The minimum absolute atomic E-state index is 0.0954. The molecule has 6 heteroatoms. The number of hydrogen-bond acceptors (Lipinski definition) is 6. The van der Waals surface area contributed by atoms with Crippen LogP contribution in [-0.4, -0.2) is 80.3 Å². The van der Waals surface area contributed by atoms with Crippen LogP contribution in [0.3, 0.4) is 0 Å². The highest BCUT2D eigenvalue weighted by molar-refractivity contribution is 5.96. The third kappa shape index (κ3) is 6.69. The van der Waals surface area contributed by atoms with Crippen LogP contribution < -0.4 is 9.80 Å². The molecule has 0 atom stereocenters. The van der Waals surface area contributed by atoms with Gasteiger partial charge in [-0.2, -0.15) is 0 Å². The van der Waals surface area contributed by atoms with Crippen molar-refractivity contribution in [3.63, 3.8) is 0 Å². The Morgan fingerprint density at radius 3 is 1.63 bits per heavy atom. The zero-order chi connectivity index (χ0) is 26.3. The van der Waals surface area contributed by atoms with Crippen molar-refractivity contribution in [2.75, 3.05) is 68.7 Å². The van der Waals surface area contributed by atoms with Gasteiger partial charge in [0.25, 0.3) is 0 Å². The van der Waals surface area contributed by atoms with Gasteiger partial charge >= 0.3 is 0 Å². The van der Waals surface area contributed by atoms with Crippen LogP contribution in [0, 0.1) is 0 Å². The number of nitrogens with zero attached hydrogens (tertiary/aromatic N) is 4. The molecule has 0 unspecified atom stereocenters. The van der Waals surface area contributed by atoms with E-state index >= 15 is 0 Å². The number of Topliss-reactive ketones (excluding diaryl/α,β-unsaturated/α-hetero) is 2. The van der Waals surface area contributed by atoms with Gasteiger partial charge in [-0.05, 0) is 61.0 Å². The number of piperazine rings is 2. The quantitative estimate of drug-likeness (QED) is 0.392. The van der Waals surface area contributed by atoms with Crippen molar-refractivity contribution in [1.82, 2.24) is 9.80 Å². The number of carbonyl (C=O) groups is 2. The monoisotopic (exact) mass is 510 g/mol. The smallest absolute Gasteiger partial charge is 0.164 e. The molecule has 3 aromatic rings. The summed E-state index contributed by atoms with van der Waals surface area (Å²) in [5, 5.41) is 0. The molecule has 0 N–H and O–H groups in total. The molecule has 2 aliphatic rings. The SMILES string of the molecule is CC(=O)c1ccc(N2CCN(CCC(=O)c3ccc(N4CCN(Cc5ccccc5)CC4)cc3)CC2)cc1. The molecule has 38 heavy (non-hydrogen) atoms. The molecule has 0 radical (unpaired) electrons. The summed E-state index contributed by atoms with van der Waals surface area (Å²) in [7, 11) is 0. The number of benzene rings is 3. The summed E-state index contributed by atoms with van der Waals surface area (Å²) in [6.07, 6.45) is 0.546. The first kappa shape index (κ1) is 26.1. The first-order valence-electron chi connectivity index (χ1n) is 13.8. The van der Waals surface area contributed by atoms with Gasteiger partial charge in [0.15, 0.2) is 11.6 Å². The third-order valence-electron chi connectivity index (χ3n) is 7.84. The Balaban J connectivity index is 1.04. The standard InChI is InChI=1S/C32H38N4O2/c1-26(37)28-7-11-30(12-8-28)35-21-17-33(18-22-35)16-15-32(38)29-9-13-31(14-10-29)36-23-19-34(20-24-36)25-27-5-3-2-4-6-27/h2-14H,15-25H2,1H3. The molecular formula is C32H38N4O2. The maximum absolute atomic E-state index is 12.9. The largest absolute Gasteiger partial charge is 0.369 e. The summed E-state index contributed by atoms with van der Waals surface area (Å²) < 4.78 is 0. The topological polar surface area (TPSA) is 47.1 Å². The minimum Gasteiger partial charge on any atom is -0.369 e. The fraction of sp³-hybridized carbons (Fsp3) is 0.375. The summed E-state index contributed by atoms with van der Waals surface area (Å²) in [5.41, 5.74) is 5.28. The predicted molar refractivity (Wildman–Crippen MR) is 154 cm³/mol. The first-order valence-corrected chi connectivity index (χ1v) is 13.8. The van der Waals surface area contributed by atoms with E-state index in [1.54, 1.807) is 6.92 Å². The zero-order valence-electron chi connectivity index (χ0n) is 22.4. The lowest BCUT2D eigenvalue weighted by molar-refractivity contribution is 0.0961. The van der Waals surface area contributed by atoms with Crippen LogP contribution in [0.2, 0.25) is 0 Å². The lowest BCUT2D eigenvalue weighted by Gasteiger charge is -2.36. The van der Waals surface area contributed by atoms with Gasteiger partial charge in [0.2, 0.25) is 0 Å². The van der Waals surface area contributed by atoms with E-state index in [1.165, 1.54) is 11.3 Å². The maximum atomic E-state index is 12.9. The minimum atomic E-state index is 0.0954. The number of anilines is 2. The molecule has 0 saturated carbocycles. The first-order chi connectivity index (χ1) is 18.5. The molecule has 0 aromatic heterocycles. The van der Waals surface area contributed by atoms with Crippen LogP contribution in [0.15, 0.2) is 78.9 Å². The van der Waals surface area contributed by atoms with Gasteiger partial charge in [0.1, 0.15) is 0 Å². The van der Waals surface area contributed by atoms with Crippen molar-refractivity contribution in [2.24, 2.45) is 0 Å². The van der Waals surface area contributed by atoms with E-state index < -0.39 is 0 Å². The van der Waals surface area contributed by atoms with E-state index in [9.17, 15) is 9.59 Å². The van der Waals surface area contributed by atoms with Crippen LogP contribution in [0.1, 0.15) is 39.6 Å². The molecule has 6 nitrogen and oxygen atoms in total. The van der Waals surface area contributed by atoms with Crippen LogP contribution in [0.5, 0.6) is 0 Å². The Bertz CT molecular complexity index is 1190. The van der Waals surface area contributed by atoms with Gasteiger partial charge in [0, 0.05) is 94.4 Å². The second-order valence-corrected chi connectivity index (χ2v) is 10.4. The molecule has 5 rings (SSSR count). The Hall–Kier alpha value is -3.48. The highest BCUT2D eigenvalue weighted by Gasteiger charge is 2.20. The Morgan fingerprint density at radius 1 is 0.605 bits per heavy atom. The van der Waals surface area contributed by atoms with Crippen molar-refractivity contribution in [1.29, 1.82) is 0 Å². The summed E-state index contributed by atoms with van der Waals surface area (Å²) in [6.45, 7) is 11.2. The van der Waals surface area contributed by atoms with Crippen LogP contribution >= 0.6 is 0 Å². The Kier molecular flexibility index (Phi) is 8.51. The molecule has 198 valence electrons. The van der Waals surface area contributed by atoms with E-state index in [-0.39, 0.29) is 11.6 Å². The van der Waals surface area contributed by atoms with Crippen molar-refractivity contribution in [3.8, 4) is 0 Å². The van der Waals surface area contributed by atoms with E-state index in [2.05, 4.69) is 62.1 Å². The van der Waals surface area contributed by atoms with Gasteiger partial charge in [-0.1, -0.05) is 30.3 Å². The fourth-order valence-corrected chi connectivity index (χ4v) is 5.40. The molecule has 2 aliphatic heterocycles. The molecule has 3 aromatic carbocycles.